The number of hydrogen-bond acceptors (Lipinski definition) is 6. The van der Waals surface area contributed by atoms with Crippen molar-refractivity contribution in [1.29, 1.82) is 5.26 Å². The summed E-state index contributed by atoms with van der Waals surface area (Å²) < 4.78 is 5.13. The molecule has 2 aromatic carbocycles. The van der Waals surface area contributed by atoms with E-state index in [0.717, 1.165) is 16.7 Å². The maximum absolute atomic E-state index is 12.4. The first-order valence-corrected chi connectivity index (χ1v) is 9.47. The lowest BCUT2D eigenvalue weighted by Gasteiger charge is -2.07. The average Bonchev–Trinajstić information content (AvgIpc) is 2.83. The van der Waals surface area contributed by atoms with Gasteiger partial charge in [-0.25, -0.2) is 9.98 Å². The van der Waals surface area contributed by atoms with E-state index < -0.39 is 0 Å². The van der Waals surface area contributed by atoms with Gasteiger partial charge >= 0.3 is 0 Å². The molecule has 154 valence electrons. The highest BCUT2D eigenvalue weighted by Gasteiger charge is 2.08. The van der Waals surface area contributed by atoms with Gasteiger partial charge in [0.15, 0.2) is 5.82 Å². The van der Waals surface area contributed by atoms with Crippen molar-refractivity contribution in [3.63, 3.8) is 0 Å². The van der Waals surface area contributed by atoms with Gasteiger partial charge in [0, 0.05) is 25.0 Å². The van der Waals surface area contributed by atoms with Gasteiger partial charge in [0.1, 0.15) is 17.4 Å². The number of methoxy groups -OCH3 is 1. The smallest absolute Gasteiger partial charge is 0.254 e. The molecule has 31 heavy (non-hydrogen) atoms. The monoisotopic (exact) mass is 411 g/mol. The van der Waals surface area contributed by atoms with Crippen LogP contribution in [0.5, 0.6) is 5.75 Å². The van der Waals surface area contributed by atoms with E-state index in [4.69, 9.17) is 15.7 Å². The second kappa shape index (κ2) is 10.4. The Morgan fingerprint density at radius 1 is 1.19 bits per heavy atom. The lowest BCUT2D eigenvalue weighted by Crippen LogP contribution is -2.25. The number of nitrogens with two attached hydrogens (primary N) is 1. The fourth-order valence-electron chi connectivity index (χ4n) is 2.79. The highest BCUT2D eigenvalue weighted by molar-refractivity contribution is 6.12. The molecule has 0 radical (unpaired) electrons. The number of pyridine rings is 1. The number of benzene rings is 2. The number of rotatable bonds is 7. The van der Waals surface area contributed by atoms with Crippen molar-refractivity contribution in [1.82, 2.24) is 10.3 Å². The van der Waals surface area contributed by atoms with Crippen LogP contribution in [0.15, 0.2) is 83.6 Å². The number of aromatic nitrogens is 1. The van der Waals surface area contributed by atoms with Gasteiger partial charge in [-0.05, 0) is 16.7 Å². The minimum absolute atomic E-state index is 0.186. The van der Waals surface area contributed by atoms with Crippen molar-refractivity contribution in [2.24, 2.45) is 10.7 Å². The van der Waals surface area contributed by atoms with Crippen LogP contribution in [-0.4, -0.2) is 24.2 Å². The Balaban J connectivity index is 1.61. The molecule has 0 aliphatic rings. The van der Waals surface area contributed by atoms with Crippen molar-refractivity contribution < 1.29 is 9.53 Å². The second-order valence-corrected chi connectivity index (χ2v) is 6.48. The van der Waals surface area contributed by atoms with Gasteiger partial charge in [-0.15, -0.1) is 0 Å². The quantitative estimate of drug-likeness (QED) is 0.456. The minimum Gasteiger partial charge on any atom is -0.495 e. The molecule has 3 N–H and O–H groups in total. The van der Waals surface area contributed by atoms with E-state index in [2.05, 4.69) is 15.3 Å². The van der Waals surface area contributed by atoms with E-state index in [9.17, 15) is 4.79 Å². The molecule has 1 aromatic heterocycles. The van der Waals surface area contributed by atoms with Crippen LogP contribution in [-0.2, 0) is 11.3 Å². The van der Waals surface area contributed by atoms with Crippen molar-refractivity contribution >= 4 is 17.9 Å². The molecule has 1 amide bonds. The maximum atomic E-state index is 12.4. The largest absolute Gasteiger partial charge is 0.495 e. The van der Waals surface area contributed by atoms with Crippen molar-refractivity contribution in [3.05, 3.63) is 89.8 Å². The summed E-state index contributed by atoms with van der Waals surface area (Å²) in [5, 5.41) is 11.8. The number of aliphatic imine (C=N–C) groups is 1. The Morgan fingerprint density at radius 2 is 1.90 bits per heavy atom. The molecule has 3 aromatic rings. The summed E-state index contributed by atoms with van der Waals surface area (Å²) in [7, 11) is 1.45. The predicted molar refractivity (Wildman–Crippen MR) is 120 cm³/mol. The van der Waals surface area contributed by atoms with Crippen LogP contribution in [0, 0.1) is 11.3 Å². The van der Waals surface area contributed by atoms with E-state index in [1.807, 2.05) is 60.7 Å². The summed E-state index contributed by atoms with van der Waals surface area (Å²) >= 11 is 0. The van der Waals surface area contributed by atoms with Gasteiger partial charge in [0.25, 0.3) is 5.91 Å². The Hall–Kier alpha value is -4.44. The van der Waals surface area contributed by atoms with Crippen LogP contribution in [0.1, 0.15) is 11.1 Å². The lowest BCUT2D eigenvalue weighted by molar-refractivity contribution is -0.117. The molecular formula is C24H21N5O2. The number of hydrogen-bond donors (Lipinski definition) is 2. The zero-order chi connectivity index (χ0) is 22.1. The van der Waals surface area contributed by atoms with Gasteiger partial charge in [-0.2, -0.15) is 5.26 Å². The van der Waals surface area contributed by atoms with E-state index in [0.29, 0.717) is 23.7 Å². The van der Waals surface area contributed by atoms with E-state index in [-0.39, 0.29) is 11.5 Å². The third kappa shape index (κ3) is 5.55. The third-order valence-corrected chi connectivity index (χ3v) is 4.48. The lowest BCUT2D eigenvalue weighted by atomic mass is 10.0. The predicted octanol–water partition coefficient (Wildman–Crippen LogP) is 3.49. The van der Waals surface area contributed by atoms with Crippen LogP contribution in [0.2, 0.25) is 0 Å². The normalized spacial score (nSPS) is 11.2. The molecule has 0 aliphatic heterocycles. The van der Waals surface area contributed by atoms with Crippen LogP contribution >= 0.6 is 0 Å². The van der Waals surface area contributed by atoms with Crippen molar-refractivity contribution in [3.8, 4) is 22.9 Å². The highest BCUT2D eigenvalue weighted by Crippen LogP contribution is 2.21. The maximum Gasteiger partial charge on any atom is 0.254 e. The molecule has 0 saturated carbocycles. The van der Waals surface area contributed by atoms with Crippen LogP contribution in [0.25, 0.3) is 11.1 Å². The number of carbonyl (C=O) groups excluding carboxylic acids is 1. The van der Waals surface area contributed by atoms with Gasteiger partial charge < -0.3 is 15.8 Å². The van der Waals surface area contributed by atoms with E-state index in [1.54, 1.807) is 0 Å². The molecule has 7 heteroatoms. The van der Waals surface area contributed by atoms with E-state index >= 15 is 0 Å². The molecule has 0 bridgehead atoms. The molecule has 3 rings (SSSR count). The number of nitriles is 1. The standard InChI is InChI=1S/C24H21N5O2/c1-31-22-11-23(27-15-20(22)12-25)28-16-21(13-26)24(30)29-14-17-7-9-19(10-8-17)18-5-3-2-4-6-18/h2-11,13,15-16H,14,26H2,1H3,(H,29,30)/b21-13+,28-16?. The number of nitrogens with one attached hydrogen (secondary N) is 1. The molecule has 0 fully saturated rings. The van der Waals surface area contributed by atoms with Gasteiger partial charge in [0.05, 0.1) is 18.9 Å². The highest BCUT2D eigenvalue weighted by atomic mass is 16.5. The summed E-state index contributed by atoms with van der Waals surface area (Å²) in [6, 6.07) is 21.5. The third-order valence-electron chi connectivity index (χ3n) is 4.48. The second-order valence-electron chi connectivity index (χ2n) is 6.48. The molecule has 0 saturated heterocycles. The van der Waals surface area contributed by atoms with Gasteiger partial charge in [-0.1, -0.05) is 54.6 Å². The van der Waals surface area contributed by atoms with Crippen molar-refractivity contribution in [2.45, 2.75) is 6.54 Å². The molecule has 7 nitrogen and oxygen atoms in total. The fraction of sp³-hybridized carbons (Fsp3) is 0.0833. The first-order chi connectivity index (χ1) is 15.1. The molecule has 0 atom stereocenters. The summed E-state index contributed by atoms with van der Waals surface area (Å²) in [4.78, 5) is 20.6. The summed E-state index contributed by atoms with van der Waals surface area (Å²) in [6.07, 6.45) is 3.86. The van der Waals surface area contributed by atoms with Crippen molar-refractivity contribution in [2.75, 3.05) is 7.11 Å². The first kappa shape index (κ1) is 21.3. The summed E-state index contributed by atoms with van der Waals surface area (Å²) in [6.45, 7) is 0.349. The van der Waals surface area contributed by atoms with Crippen LogP contribution < -0.4 is 15.8 Å². The SMILES string of the molecule is COc1cc(N=C/C(=C\N)C(=O)NCc2ccc(-c3ccccc3)cc2)ncc1C#N. The molecule has 0 spiro atoms. The number of carbonyl (C=O) groups is 1. The fourth-order valence-corrected chi connectivity index (χ4v) is 2.79. The first-order valence-electron chi connectivity index (χ1n) is 9.47. The molecule has 1 heterocycles. The Morgan fingerprint density at radius 3 is 2.55 bits per heavy atom. The van der Waals surface area contributed by atoms with Gasteiger partial charge in [-0.3, -0.25) is 4.79 Å². The summed E-state index contributed by atoms with van der Waals surface area (Å²) in [5.74, 6) is 0.282. The number of nitrogens with zero attached hydrogens (tertiary/aromatic N) is 3. The van der Waals surface area contributed by atoms with Crippen LogP contribution in [0.3, 0.4) is 0 Å². The number of ether oxygens (including phenoxy) is 1. The topological polar surface area (TPSA) is 113 Å². The van der Waals surface area contributed by atoms with E-state index in [1.165, 1.54) is 31.8 Å². The molecular weight excluding hydrogens is 390 g/mol. The zero-order valence-corrected chi connectivity index (χ0v) is 16.9. The Labute approximate surface area is 180 Å². The van der Waals surface area contributed by atoms with Crippen LogP contribution in [0.4, 0.5) is 5.82 Å². The Kier molecular flexibility index (Phi) is 7.12. The zero-order valence-electron chi connectivity index (χ0n) is 16.9. The average molecular weight is 411 g/mol. The summed E-state index contributed by atoms with van der Waals surface area (Å²) in [5.41, 5.74) is 9.28. The molecule has 0 aliphatic carbocycles. The van der Waals surface area contributed by atoms with Gasteiger partial charge in [0.2, 0.25) is 0 Å². The number of amides is 1. The minimum atomic E-state index is -0.362. The Bertz CT molecular complexity index is 1150. The molecule has 0 unspecified atom stereocenters.